The van der Waals surface area contributed by atoms with Gasteiger partial charge in [0.05, 0.1) is 0 Å². The molecule has 1 aromatic heterocycles. The Kier molecular flexibility index (Phi) is 2.92. The maximum absolute atomic E-state index is 11.2. The first-order chi connectivity index (χ1) is 8.72. The molecule has 0 amide bonds. The summed E-state index contributed by atoms with van der Waals surface area (Å²) in [5.74, 6) is 0. The molecular weight excluding hydrogens is 228 g/mol. The lowest BCUT2D eigenvalue weighted by molar-refractivity contribution is 0.159. The van der Waals surface area contributed by atoms with E-state index in [-0.39, 0.29) is 11.7 Å². The van der Waals surface area contributed by atoms with Gasteiger partial charge in [0.25, 0.3) is 0 Å². The first-order valence-corrected chi connectivity index (χ1v) is 6.49. The number of benzene rings is 1. The zero-order valence-corrected chi connectivity index (χ0v) is 10.2. The molecule has 94 valence electrons. The lowest BCUT2D eigenvalue weighted by Crippen LogP contribution is -2.14. The summed E-state index contributed by atoms with van der Waals surface area (Å²) in [5, 5.41) is 8.98. The third-order valence-electron chi connectivity index (χ3n) is 3.66. The molecule has 3 rings (SSSR count). The van der Waals surface area contributed by atoms with Crippen molar-refractivity contribution in [2.45, 2.75) is 38.2 Å². The molecule has 0 saturated carbocycles. The van der Waals surface area contributed by atoms with E-state index in [0.29, 0.717) is 5.58 Å². The summed E-state index contributed by atoms with van der Waals surface area (Å²) < 4.78 is 5.22. The molecule has 3 nitrogen and oxygen atoms in total. The van der Waals surface area contributed by atoms with E-state index in [1.807, 2.05) is 12.1 Å². The second-order valence-corrected chi connectivity index (χ2v) is 5.06. The molecule has 0 spiro atoms. The van der Waals surface area contributed by atoms with E-state index < -0.39 is 0 Å². The molecule has 1 unspecified atom stereocenters. The van der Waals surface area contributed by atoms with Crippen molar-refractivity contribution in [3.05, 3.63) is 45.8 Å². The second kappa shape index (κ2) is 4.58. The first-order valence-electron chi connectivity index (χ1n) is 6.49. The van der Waals surface area contributed by atoms with Crippen LogP contribution in [0.3, 0.4) is 0 Å². The Morgan fingerprint density at radius 3 is 2.94 bits per heavy atom. The monoisotopic (exact) mass is 245 g/mol. The largest absolute Gasteiger partial charge is 0.443 e. The molecular formula is C15H17O3+. The highest BCUT2D eigenvalue weighted by Gasteiger charge is 2.17. The molecule has 0 saturated heterocycles. The quantitative estimate of drug-likeness (QED) is 0.527. The predicted molar refractivity (Wildman–Crippen MR) is 71.1 cm³/mol. The fourth-order valence-electron chi connectivity index (χ4n) is 2.70. The Bertz CT molecular complexity index is 627. The van der Waals surface area contributed by atoms with Gasteiger partial charge in [-0.2, -0.15) is 0 Å². The van der Waals surface area contributed by atoms with Crippen LogP contribution in [0.5, 0.6) is 0 Å². The molecule has 0 bridgehead atoms. The van der Waals surface area contributed by atoms with Gasteiger partial charge in [-0.1, -0.05) is 0 Å². The average molecular weight is 245 g/mol. The van der Waals surface area contributed by atoms with Crippen molar-refractivity contribution in [3.63, 3.8) is 0 Å². The standard InChI is InChI=1S/C15H16O3/c16-13-4-2-1-3-10-7-11-5-6-15(17)18-14(11)9-12(10)8-13/h5-7,9,13,16H,1-4,8H2/p+1. The van der Waals surface area contributed by atoms with E-state index in [2.05, 4.69) is 6.07 Å². The molecule has 1 heterocycles. The number of fused-ring (bicyclic) bond motifs is 2. The van der Waals surface area contributed by atoms with Gasteiger partial charge in [-0.05, 0) is 48.6 Å². The van der Waals surface area contributed by atoms with E-state index in [0.717, 1.165) is 37.5 Å². The van der Waals surface area contributed by atoms with Crippen LogP contribution in [0.4, 0.5) is 0 Å². The van der Waals surface area contributed by atoms with Gasteiger partial charge in [0.2, 0.25) is 0 Å². The van der Waals surface area contributed by atoms with Gasteiger partial charge >= 0.3 is 5.63 Å². The van der Waals surface area contributed by atoms with E-state index in [4.69, 9.17) is 9.52 Å². The minimum absolute atomic E-state index is 0.0306. The maximum atomic E-state index is 11.2. The highest BCUT2D eigenvalue weighted by atomic mass is 16.4. The molecule has 3 heteroatoms. The summed E-state index contributed by atoms with van der Waals surface area (Å²) in [4.78, 5) is 11.2. The molecule has 2 N–H and O–H groups in total. The smallest absolute Gasteiger partial charge is 0.336 e. The Hall–Kier alpha value is -1.61. The summed E-state index contributed by atoms with van der Waals surface area (Å²) in [6.45, 7) is 0. The minimum atomic E-state index is -0.310. The summed E-state index contributed by atoms with van der Waals surface area (Å²) in [6.07, 6.45) is 5.05. The van der Waals surface area contributed by atoms with Crippen LogP contribution in [0.1, 0.15) is 30.4 Å². The normalized spacial score (nSPS) is 20.2. The Morgan fingerprint density at radius 1 is 1.17 bits per heavy atom. The predicted octanol–water partition coefficient (Wildman–Crippen LogP) is 2.16. The van der Waals surface area contributed by atoms with Crippen LogP contribution in [-0.2, 0) is 12.8 Å². The Balaban J connectivity index is 2.15. The van der Waals surface area contributed by atoms with Crippen LogP contribution in [0, 0.1) is 0 Å². The molecule has 1 aliphatic rings. The number of hydrogen-bond acceptors (Lipinski definition) is 2. The van der Waals surface area contributed by atoms with Gasteiger partial charge in [-0.25, -0.2) is 4.79 Å². The molecule has 1 atom stereocenters. The fraction of sp³-hybridized carbons (Fsp3) is 0.400. The Morgan fingerprint density at radius 2 is 2.06 bits per heavy atom. The molecule has 0 radical (unpaired) electrons. The van der Waals surface area contributed by atoms with Crippen molar-refractivity contribution in [1.29, 1.82) is 0 Å². The molecule has 0 aliphatic heterocycles. The van der Waals surface area contributed by atoms with Crippen molar-refractivity contribution in [2.75, 3.05) is 0 Å². The lowest BCUT2D eigenvalue weighted by Gasteiger charge is -2.16. The SMILES string of the molecule is O=c1ccc2cc3c(cc2o1)CC([OH2+])CCCC3. The van der Waals surface area contributed by atoms with Crippen molar-refractivity contribution in [1.82, 2.24) is 0 Å². The summed E-state index contributed by atoms with van der Waals surface area (Å²) in [7, 11) is 0. The minimum Gasteiger partial charge on any atom is -0.443 e. The van der Waals surface area contributed by atoms with Crippen molar-refractivity contribution in [3.8, 4) is 0 Å². The van der Waals surface area contributed by atoms with Crippen molar-refractivity contribution < 1.29 is 9.52 Å². The van der Waals surface area contributed by atoms with Gasteiger partial charge in [0, 0.05) is 24.3 Å². The van der Waals surface area contributed by atoms with E-state index in [9.17, 15) is 4.79 Å². The highest BCUT2D eigenvalue weighted by Crippen LogP contribution is 2.25. The molecule has 18 heavy (non-hydrogen) atoms. The summed E-state index contributed by atoms with van der Waals surface area (Å²) >= 11 is 0. The van der Waals surface area contributed by atoms with Gasteiger partial charge in [-0.15, -0.1) is 0 Å². The average Bonchev–Trinajstić information content (AvgIpc) is 2.32. The van der Waals surface area contributed by atoms with Crippen molar-refractivity contribution in [2.24, 2.45) is 0 Å². The van der Waals surface area contributed by atoms with Gasteiger partial charge in [0.1, 0.15) is 5.58 Å². The third-order valence-corrected chi connectivity index (χ3v) is 3.66. The Labute approximate surface area is 105 Å². The topological polar surface area (TPSA) is 53.1 Å². The zero-order chi connectivity index (χ0) is 12.5. The third kappa shape index (κ3) is 2.18. The van der Waals surface area contributed by atoms with Gasteiger partial charge in [0.15, 0.2) is 6.10 Å². The van der Waals surface area contributed by atoms with E-state index >= 15 is 0 Å². The maximum Gasteiger partial charge on any atom is 0.336 e. The second-order valence-electron chi connectivity index (χ2n) is 5.06. The number of aryl methyl sites for hydroxylation is 1. The van der Waals surface area contributed by atoms with Gasteiger partial charge < -0.3 is 9.52 Å². The van der Waals surface area contributed by atoms with E-state index in [1.54, 1.807) is 0 Å². The molecule has 1 aliphatic carbocycles. The van der Waals surface area contributed by atoms with Crippen LogP contribution in [0.25, 0.3) is 11.0 Å². The molecule has 1 aromatic carbocycles. The highest BCUT2D eigenvalue weighted by molar-refractivity contribution is 5.78. The summed E-state index contributed by atoms with van der Waals surface area (Å²) in [5.41, 5.74) is 2.83. The van der Waals surface area contributed by atoms with E-state index in [1.165, 1.54) is 17.2 Å². The molecule has 0 fully saturated rings. The van der Waals surface area contributed by atoms with Crippen LogP contribution >= 0.6 is 0 Å². The summed E-state index contributed by atoms with van der Waals surface area (Å²) in [6, 6.07) is 7.36. The fourth-order valence-corrected chi connectivity index (χ4v) is 2.70. The van der Waals surface area contributed by atoms with Crippen molar-refractivity contribution >= 4 is 11.0 Å². The number of rotatable bonds is 0. The van der Waals surface area contributed by atoms with Crippen LogP contribution in [-0.4, -0.2) is 11.2 Å². The zero-order valence-electron chi connectivity index (χ0n) is 10.2. The van der Waals surface area contributed by atoms with Gasteiger partial charge in [-0.3, -0.25) is 0 Å². The van der Waals surface area contributed by atoms with Crippen LogP contribution in [0.2, 0.25) is 0 Å². The van der Waals surface area contributed by atoms with Crippen LogP contribution in [0.15, 0.2) is 33.5 Å². The first kappa shape index (κ1) is 11.5. The lowest BCUT2D eigenvalue weighted by atomic mass is 9.91. The molecule has 2 aromatic rings. The number of hydrogen-bond donors (Lipinski definition) is 0. The van der Waals surface area contributed by atoms with Crippen LogP contribution < -0.4 is 5.63 Å².